The Morgan fingerprint density at radius 1 is 0.343 bits per heavy atom. The van der Waals surface area contributed by atoms with Gasteiger partial charge in [-0.05, 0) is 143 Å². The van der Waals surface area contributed by atoms with E-state index in [1.54, 1.807) is 0 Å². The number of nitrogens with one attached hydrogen (secondary N) is 5. The van der Waals surface area contributed by atoms with Gasteiger partial charge in [0.1, 0.15) is 57.6 Å². The van der Waals surface area contributed by atoms with Crippen molar-refractivity contribution < 1.29 is 65.9 Å². The maximum absolute atomic E-state index is 12.7. The summed E-state index contributed by atoms with van der Waals surface area (Å²) in [6.45, 7) is 10.0. The molecule has 0 amide bonds. The monoisotopic (exact) mass is 1400 g/mol. The Kier molecular flexibility index (Phi) is 22.8. The predicted molar refractivity (Wildman–Crippen MR) is 344 cm³/mol. The summed E-state index contributed by atoms with van der Waals surface area (Å²) in [5.41, 5.74) is 5.18. The number of fused-ring (bicyclic) bond motifs is 5. The molecule has 9 N–H and O–H groups in total. The van der Waals surface area contributed by atoms with E-state index in [4.69, 9.17) is 11.6 Å². The van der Waals surface area contributed by atoms with Gasteiger partial charge in [-0.2, -0.15) is 65.9 Å². The molecule has 0 unspecified atom stereocenters. The topological polar surface area (TPSA) is 251 Å². The second kappa shape index (κ2) is 31.2. The lowest BCUT2D eigenvalue weighted by molar-refractivity contribution is -0.141. The van der Waals surface area contributed by atoms with Crippen molar-refractivity contribution in [3.8, 4) is 0 Å². The minimum Gasteiger partial charge on any atom is -0.367 e. The predicted octanol–water partition coefficient (Wildman–Crippen LogP) is 11.8. The van der Waals surface area contributed by atoms with Gasteiger partial charge in [0, 0.05) is 129 Å². The molecule has 0 bridgehead atoms. The minimum atomic E-state index is -4.45. The largest absolute Gasteiger partial charge is 0.433 e. The van der Waals surface area contributed by atoms with Crippen molar-refractivity contribution in [3.63, 3.8) is 0 Å². The Bertz CT molecular complexity index is 4340. The van der Waals surface area contributed by atoms with Crippen LogP contribution in [-0.4, -0.2) is 140 Å². The van der Waals surface area contributed by atoms with Gasteiger partial charge in [-0.3, -0.25) is 0 Å². The van der Waals surface area contributed by atoms with Crippen LogP contribution in [0.2, 0.25) is 0 Å². The molecule has 10 aromatic rings. The third kappa shape index (κ3) is 18.7. The van der Waals surface area contributed by atoms with Crippen molar-refractivity contribution in [2.24, 2.45) is 11.6 Å². The van der Waals surface area contributed by atoms with Gasteiger partial charge >= 0.3 is 30.9 Å². The van der Waals surface area contributed by atoms with Crippen molar-refractivity contribution in [2.45, 2.75) is 75.1 Å². The van der Waals surface area contributed by atoms with E-state index in [1.165, 1.54) is 91.6 Å². The van der Waals surface area contributed by atoms with Gasteiger partial charge in [-0.15, -0.1) is 0 Å². The van der Waals surface area contributed by atoms with E-state index >= 15 is 0 Å². The number of halogens is 15. The van der Waals surface area contributed by atoms with Gasteiger partial charge < -0.3 is 47.1 Å². The molecule has 0 spiro atoms. The van der Waals surface area contributed by atoms with Crippen molar-refractivity contribution in [2.75, 3.05) is 104 Å². The van der Waals surface area contributed by atoms with E-state index < -0.39 is 59.4 Å². The number of nitrogen functional groups attached to an aromatic ring is 1. The van der Waals surface area contributed by atoms with Crippen LogP contribution >= 0.6 is 0 Å². The maximum atomic E-state index is 12.7. The second-order valence-corrected chi connectivity index (χ2v) is 23.0. The maximum Gasteiger partial charge on any atom is 0.433 e. The number of aromatic nitrogens is 10. The number of hydrogen-bond donors (Lipinski definition) is 7. The van der Waals surface area contributed by atoms with Gasteiger partial charge in [0.05, 0.1) is 27.6 Å². The molecule has 35 heteroatoms. The lowest BCUT2D eigenvalue weighted by Crippen LogP contribution is -2.44. The summed E-state index contributed by atoms with van der Waals surface area (Å²) in [4.78, 5) is 45.6. The molecule has 0 atom stereocenters. The molecular weight excluding hydrogens is 1330 g/mol. The van der Waals surface area contributed by atoms with Crippen LogP contribution in [0.3, 0.4) is 0 Å². The molecule has 4 aliphatic heterocycles. The average molecular weight is 1400 g/mol. The zero-order valence-corrected chi connectivity index (χ0v) is 52.4. The molecule has 4 fully saturated rings. The Labute approximate surface area is 554 Å². The Morgan fingerprint density at radius 3 is 1.02 bits per heavy atom. The zero-order valence-electron chi connectivity index (χ0n) is 52.4. The summed E-state index contributed by atoms with van der Waals surface area (Å²) in [7, 11) is 0. The SMILES string of the molecule is FC(F)(F)c1ccc2c(N3CCCNCC3)nccc2n1.FC(F)(F)c1ccc2c(N3CCNCC3)nccc2n1.FC(F)(F)c1ccc2c(NC3CCNCC3)nccc2n1.NC1CCN(c2nccc3nc(C(F)(F)F)ccc23)CC1.NNc1nccc2nc(C(F)(F)F)ccc12. The number of pyridine rings is 10. The summed E-state index contributed by atoms with van der Waals surface area (Å²) in [6, 6.07) is 19.9. The van der Waals surface area contributed by atoms with Crippen LogP contribution in [0.1, 0.15) is 60.6 Å². The van der Waals surface area contributed by atoms with Gasteiger partial charge in [0.25, 0.3) is 0 Å². The lowest BCUT2D eigenvalue weighted by Gasteiger charge is -2.31. The fourth-order valence-corrected chi connectivity index (χ4v) is 11.2. The normalized spacial score (nSPS) is 16.2. The molecule has 14 heterocycles. The van der Waals surface area contributed by atoms with Gasteiger partial charge in [0.15, 0.2) is 0 Å². The molecule has 4 saturated heterocycles. The van der Waals surface area contributed by atoms with Crippen LogP contribution in [0.25, 0.3) is 54.5 Å². The lowest BCUT2D eigenvalue weighted by atomic mass is 10.1. The van der Waals surface area contributed by atoms with Crippen LogP contribution < -0.4 is 53.0 Å². The van der Waals surface area contributed by atoms with Crippen LogP contribution in [-0.2, 0) is 30.9 Å². The van der Waals surface area contributed by atoms with Gasteiger partial charge in [0.2, 0.25) is 0 Å². The van der Waals surface area contributed by atoms with Gasteiger partial charge in [-0.1, -0.05) is 0 Å². The number of piperazine rings is 1. The Hall–Kier alpha value is -9.45. The molecule has 0 radical (unpaired) electrons. The first-order chi connectivity index (χ1) is 47.1. The molecule has 14 rings (SSSR count). The average Bonchev–Trinajstić information content (AvgIpc) is 1.47. The van der Waals surface area contributed by atoms with E-state index in [9.17, 15) is 65.9 Å². The summed E-state index contributed by atoms with van der Waals surface area (Å²) >= 11 is 0. The zero-order chi connectivity index (χ0) is 70.7. The highest BCUT2D eigenvalue weighted by Gasteiger charge is 2.37. The molecule has 0 aliphatic carbocycles. The third-order valence-corrected chi connectivity index (χ3v) is 16.2. The number of hydrazine groups is 1. The molecule has 20 nitrogen and oxygen atoms in total. The van der Waals surface area contributed by atoms with Gasteiger partial charge in [-0.25, -0.2) is 55.7 Å². The van der Waals surface area contributed by atoms with E-state index in [0.29, 0.717) is 78.1 Å². The number of nitrogens with zero attached hydrogens (tertiary/aromatic N) is 13. The number of piperidine rings is 2. The second-order valence-electron chi connectivity index (χ2n) is 23.0. The summed E-state index contributed by atoms with van der Waals surface area (Å²) in [5, 5.41) is 16.1. The summed E-state index contributed by atoms with van der Waals surface area (Å²) in [6.07, 6.45) is -10.2. The van der Waals surface area contributed by atoms with Crippen LogP contribution in [0.15, 0.2) is 122 Å². The van der Waals surface area contributed by atoms with E-state index in [2.05, 4.69) is 91.2 Å². The Morgan fingerprint density at radius 2 is 0.646 bits per heavy atom. The third-order valence-electron chi connectivity index (χ3n) is 16.2. The summed E-state index contributed by atoms with van der Waals surface area (Å²) < 4.78 is 190. The standard InChI is InChI=1S/3C14H15F3N4.C13H13F3N4.C9H7F3N4/c15-14(16,17)12-3-2-10-11(20-12)4-6-19-13(10)21-8-1-5-18-7-9-21;15-14(16,17)12-2-1-10-11(20-12)3-6-19-13(10)21-7-4-9(18)5-8-21;15-14(16,17)12-2-1-10-11(21-12)5-8-19-13(10)20-9-3-6-18-7-4-9;14-13(15,16)11-2-1-9-10(19-11)3-4-18-12(9)20-7-5-17-6-8-20;10-9(11,12)7-2-1-5-6(15-7)3-4-14-8(5)16-13/h2-4,6,18H,1,5,7-9H2;1-3,6,9H,4-5,7-8,18H2;1-2,5,8-9,18H,3-4,6-7H2,(H,19,20);1-4,17H,5-8H2;1-4H,13H2,(H,14,16). The first-order valence-corrected chi connectivity index (χ1v) is 31.1. The number of hydrogen-bond acceptors (Lipinski definition) is 20. The molecular formula is C64H65F15N20. The molecule has 526 valence electrons. The van der Waals surface area contributed by atoms with Crippen LogP contribution in [0.5, 0.6) is 0 Å². The first-order valence-electron chi connectivity index (χ1n) is 31.1. The van der Waals surface area contributed by atoms with Crippen LogP contribution in [0, 0.1) is 0 Å². The molecule has 10 aromatic heterocycles. The first kappa shape index (κ1) is 72.3. The summed E-state index contributed by atoms with van der Waals surface area (Å²) in [5.74, 6) is 8.15. The minimum absolute atomic E-state index is 0.186. The van der Waals surface area contributed by atoms with Crippen molar-refractivity contribution >= 4 is 83.6 Å². The number of alkyl halides is 15. The number of nitrogens with two attached hydrogens (primary N) is 2. The van der Waals surface area contributed by atoms with Crippen molar-refractivity contribution in [1.82, 2.24) is 65.8 Å². The number of anilines is 5. The van der Waals surface area contributed by atoms with E-state index in [0.717, 1.165) is 141 Å². The Balaban J connectivity index is 0.000000134. The molecule has 4 aliphatic rings. The highest BCUT2D eigenvalue weighted by atomic mass is 19.4. The van der Waals surface area contributed by atoms with Crippen molar-refractivity contribution in [1.29, 1.82) is 0 Å². The highest BCUT2D eigenvalue weighted by Crippen LogP contribution is 2.37. The van der Waals surface area contributed by atoms with E-state index in [1.807, 2.05) is 0 Å². The highest BCUT2D eigenvalue weighted by molar-refractivity contribution is 5.92. The quantitative estimate of drug-likeness (QED) is 0.0464. The molecule has 0 aromatic carbocycles. The fourth-order valence-electron chi connectivity index (χ4n) is 11.2. The van der Waals surface area contributed by atoms with Crippen LogP contribution in [0.4, 0.5) is 94.9 Å². The molecule has 0 saturated carbocycles. The van der Waals surface area contributed by atoms with Crippen molar-refractivity contribution in [3.05, 3.63) is 150 Å². The fraction of sp³-hybridized carbons (Fsp3) is 0.375. The van der Waals surface area contributed by atoms with E-state index in [-0.39, 0.29) is 17.6 Å². The smallest absolute Gasteiger partial charge is 0.367 e. The number of rotatable bonds is 6. The molecule has 99 heavy (non-hydrogen) atoms.